The number of nitrogens with zero attached hydrogens (tertiary/aromatic N) is 2. The number of anilines is 3. The molecule has 11 aromatic carbocycles. The molecule has 0 aliphatic heterocycles. The summed E-state index contributed by atoms with van der Waals surface area (Å²) in [5, 5.41) is 7.65. The van der Waals surface area contributed by atoms with Crippen molar-refractivity contribution in [3.63, 3.8) is 0 Å². The lowest BCUT2D eigenvalue weighted by molar-refractivity contribution is 1.18. The van der Waals surface area contributed by atoms with E-state index in [0.717, 1.165) is 17.1 Å². The largest absolute Gasteiger partial charge is 0.310 e. The lowest BCUT2D eigenvalue weighted by Gasteiger charge is -2.28. The molecule has 13 aromatic rings. The van der Waals surface area contributed by atoms with Crippen LogP contribution in [0.5, 0.6) is 0 Å². The average Bonchev–Trinajstić information content (AvgIpc) is 3.95. The van der Waals surface area contributed by atoms with Crippen molar-refractivity contribution in [2.75, 3.05) is 4.90 Å². The Hall–Kier alpha value is -8.50. The average molecular weight is 871 g/mol. The second kappa shape index (κ2) is 16.2. The van der Waals surface area contributed by atoms with E-state index < -0.39 is 0 Å². The van der Waals surface area contributed by atoms with E-state index in [1.807, 2.05) is 11.3 Å². The van der Waals surface area contributed by atoms with Crippen LogP contribution in [-0.4, -0.2) is 4.57 Å². The standard InChI is InChI=1S/C64H42N2S/c1-2-16-51-45(14-1)15-13-22-52(51)46-34-39-50(40-35-46)65(59-23-8-4-18-54(59)48-36-41-58-57-21-7-12-27-63(57)67-64(58)42-48)49-37-32-44(33-38-49)43-28-30-47(31-29-43)53-17-3-9-24-60(53)66-61-25-10-5-19-55(61)56-20-6-11-26-62(56)66/h1-42H. The maximum atomic E-state index is 2.41. The lowest BCUT2D eigenvalue weighted by atomic mass is 9.97. The van der Waals surface area contributed by atoms with E-state index in [1.165, 1.54) is 103 Å². The highest BCUT2D eigenvalue weighted by molar-refractivity contribution is 7.25. The Morgan fingerprint density at radius 3 is 1.51 bits per heavy atom. The number of hydrogen-bond donors (Lipinski definition) is 0. The Balaban J connectivity index is 0.881. The zero-order valence-corrected chi connectivity index (χ0v) is 37.4. The Labute approximate surface area is 393 Å². The van der Waals surface area contributed by atoms with Crippen molar-refractivity contribution in [2.24, 2.45) is 0 Å². The number of benzene rings is 11. The molecule has 0 radical (unpaired) electrons. The first-order valence-electron chi connectivity index (χ1n) is 22.9. The van der Waals surface area contributed by atoms with Gasteiger partial charge in [-0.3, -0.25) is 0 Å². The van der Waals surface area contributed by atoms with Crippen molar-refractivity contribution >= 4 is 81.1 Å². The van der Waals surface area contributed by atoms with E-state index in [0.29, 0.717) is 0 Å². The van der Waals surface area contributed by atoms with Crippen LogP contribution in [0.25, 0.3) is 103 Å². The van der Waals surface area contributed by atoms with E-state index in [9.17, 15) is 0 Å². The second-order valence-electron chi connectivity index (χ2n) is 17.2. The molecule has 0 unspecified atom stereocenters. The van der Waals surface area contributed by atoms with Crippen molar-refractivity contribution in [3.05, 3.63) is 255 Å². The molecule has 67 heavy (non-hydrogen) atoms. The normalized spacial score (nSPS) is 11.6. The number of para-hydroxylation sites is 4. The molecule has 0 aliphatic carbocycles. The van der Waals surface area contributed by atoms with Gasteiger partial charge in [-0.05, 0) is 105 Å². The Morgan fingerprint density at radius 2 is 0.776 bits per heavy atom. The molecule has 0 aliphatic rings. The second-order valence-corrected chi connectivity index (χ2v) is 18.3. The van der Waals surface area contributed by atoms with Crippen molar-refractivity contribution in [2.45, 2.75) is 0 Å². The topological polar surface area (TPSA) is 8.17 Å². The van der Waals surface area contributed by atoms with Gasteiger partial charge in [0.1, 0.15) is 0 Å². The van der Waals surface area contributed by atoms with Crippen LogP contribution in [0, 0.1) is 0 Å². The Kier molecular flexibility index (Phi) is 9.40. The minimum Gasteiger partial charge on any atom is -0.310 e. The fourth-order valence-corrected chi connectivity index (χ4v) is 11.4. The van der Waals surface area contributed by atoms with Crippen LogP contribution in [0.2, 0.25) is 0 Å². The highest BCUT2D eigenvalue weighted by atomic mass is 32.1. The molecule has 0 saturated carbocycles. The summed E-state index contributed by atoms with van der Waals surface area (Å²) < 4.78 is 5.02. The fourth-order valence-electron chi connectivity index (χ4n) is 10.2. The van der Waals surface area contributed by atoms with Crippen LogP contribution in [0.15, 0.2) is 255 Å². The van der Waals surface area contributed by atoms with Crippen LogP contribution < -0.4 is 4.90 Å². The van der Waals surface area contributed by atoms with Gasteiger partial charge in [-0.15, -0.1) is 11.3 Å². The Morgan fingerprint density at radius 1 is 0.299 bits per heavy atom. The summed E-state index contributed by atoms with van der Waals surface area (Å²) in [6, 6.07) is 93.1. The van der Waals surface area contributed by atoms with E-state index in [4.69, 9.17) is 0 Å². The molecule has 0 fully saturated rings. The van der Waals surface area contributed by atoms with Crippen LogP contribution in [0.4, 0.5) is 17.1 Å². The maximum absolute atomic E-state index is 2.41. The molecule has 314 valence electrons. The monoisotopic (exact) mass is 870 g/mol. The van der Waals surface area contributed by atoms with Crippen molar-refractivity contribution < 1.29 is 0 Å². The van der Waals surface area contributed by atoms with E-state index in [2.05, 4.69) is 264 Å². The molecule has 0 spiro atoms. The smallest absolute Gasteiger partial charge is 0.0541 e. The zero-order chi connectivity index (χ0) is 44.3. The molecule has 0 N–H and O–H groups in total. The molecule has 0 saturated heterocycles. The third-order valence-corrected chi connectivity index (χ3v) is 14.6. The third kappa shape index (κ3) is 6.71. The molecule has 0 bridgehead atoms. The summed E-state index contributed by atoms with van der Waals surface area (Å²) in [6.07, 6.45) is 0. The Bertz CT molecular complexity index is 3910. The predicted octanol–water partition coefficient (Wildman–Crippen LogP) is 18.4. The van der Waals surface area contributed by atoms with Gasteiger partial charge in [-0.1, -0.05) is 194 Å². The molecular weight excluding hydrogens is 829 g/mol. The van der Waals surface area contributed by atoms with Crippen molar-refractivity contribution in [3.8, 4) is 50.2 Å². The molecule has 0 amide bonds. The van der Waals surface area contributed by atoms with Gasteiger partial charge in [0.2, 0.25) is 0 Å². The van der Waals surface area contributed by atoms with Gasteiger partial charge < -0.3 is 9.47 Å². The van der Waals surface area contributed by atoms with Gasteiger partial charge in [0.05, 0.1) is 22.4 Å². The first kappa shape index (κ1) is 38.9. The summed E-state index contributed by atoms with van der Waals surface area (Å²) in [7, 11) is 0. The molecule has 2 heterocycles. The summed E-state index contributed by atoms with van der Waals surface area (Å²) in [4.78, 5) is 2.41. The lowest BCUT2D eigenvalue weighted by Crippen LogP contribution is -2.11. The van der Waals surface area contributed by atoms with Gasteiger partial charge in [0.15, 0.2) is 0 Å². The van der Waals surface area contributed by atoms with Crippen molar-refractivity contribution in [1.29, 1.82) is 0 Å². The number of thiophene rings is 1. The van der Waals surface area contributed by atoms with E-state index >= 15 is 0 Å². The quantitative estimate of drug-likeness (QED) is 0.148. The highest BCUT2D eigenvalue weighted by Gasteiger charge is 2.20. The number of hydrogen-bond acceptors (Lipinski definition) is 2. The van der Waals surface area contributed by atoms with Crippen LogP contribution in [0.3, 0.4) is 0 Å². The summed E-state index contributed by atoms with van der Waals surface area (Å²) >= 11 is 1.86. The highest BCUT2D eigenvalue weighted by Crippen LogP contribution is 2.45. The van der Waals surface area contributed by atoms with Gasteiger partial charge >= 0.3 is 0 Å². The van der Waals surface area contributed by atoms with Gasteiger partial charge in [0.25, 0.3) is 0 Å². The SMILES string of the molecule is c1ccc(N(c2ccc(-c3ccc(-c4ccccc4-n4c5ccccc5c5ccccc54)cc3)cc2)c2ccc(-c3cccc4ccccc34)cc2)c(-c2ccc3c(c2)sc2ccccc23)c1. The predicted molar refractivity (Wildman–Crippen MR) is 288 cm³/mol. The van der Waals surface area contributed by atoms with Gasteiger partial charge in [-0.2, -0.15) is 0 Å². The zero-order valence-electron chi connectivity index (χ0n) is 36.6. The molecule has 3 heteroatoms. The fraction of sp³-hybridized carbons (Fsp3) is 0. The molecule has 0 atom stereocenters. The number of rotatable bonds is 8. The minimum atomic E-state index is 1.09. The maximum Gasteiger partial charge on any atom is 0.0541 e. The van der Waals surface area contributed by atoms with Gasteiger partial charge in [0, 0.05) is 53.4 Å². The molecule has 2 nitrogen and oxygen atoms in total. The van der Waals surface area contributed by atoms with E-state index in [-0.39, 0.29) is 0 Å². The first-order chi connectivity index (χ1) is 33.2. The summed E-state index contributed by atoms with van der Waals surface area (Å²) in [5.74, 6) is 0. The number of aromatic nitrogens is 1. The molecule has 13 rings (SSSR count). The number of fused-ring (bicyclic) bond motifs is 7. The minimum absolute atomic E-state index is 1.09. The third-order valence-electron chi connectivity index (χ3n) is 13.4. The van der Waals surface area contributed by atoms with Crippen LogP contribution in [-0.2, 0) is 0 Å². The van der Waals surface area contributed by atoms with E-state index in [1.54, 1.807) is 0 Å². The molecule has 2 aromatic heterocycles. The summed E-state index contributed by atoms with van der Waals surface area (Å²) in [6.45, 7) is 0. The van der Waals surface area contributed by atoms with Crippen LogP contribution >= 0.6 is 11.3 Å². The molecular formula is C64H42N2S. The van der Waals surface area contributed by atoms with Crippen molar-refractivity contribution in [1.82, 2.24) is 4.57 Å². The van der Waals surface area contributed by atoms with Gasteiger partial charge in [-0.25, -0.2) is 0 Å². The van der Waals surface area contributed by atoms with Crippen LogP contribution in [0.1, 0.15) is 0 Å². The first-order valence-corrected chi connectivity index (χ1v) is 23.7. The summed E-state index contributed by atoms with van der Waals surface area (Å²) in [5.41, 5.74) is 16.4.